The fourth-order valence-electron chi connectivity index (χ4n) is 0. The van der Waals surface area contributed by atoms with Crippen molar-refractivity contribution in [1.29, 1.82) is 0 Å². The van der Waals surface area contributed by atoms with Gasteiger partial charge >= 0.3 is 63.2 Å². The summed E-state index contributed by atoms with van der Waals surface area (Å²) in [6.07, 6.45) is 3.11. The van der Waals surface area contributed by atoms with Crippen molar-refractivity contribution in [2.75, 3.05) is 14.1 Å². The Kier molecular flexibility index (Phi) is 6270. The minimum atomic E-state index is 0. The van der Waals surface area contributed by atoms with Crippen molar-refractivity contribution < 1.29 is 77.6 Å². The number of nitrogens with zero attached hydrogens (tertiary/aromatic N) is 1. The molecule has 0 spiro atoms. The Morgan fingerprint density at radius 3 is 0.593 bits per heavy atom. The number of carbonyl (C=O) groups excluding carboxylic acids is 3. The molecule has 0 radical (unpaired) electrons. The Balaban J connectivity index is -0.00000000119. The Hall–Kier alpha value is 0.875. The van der Waals surface area contributed by atoms with Crippen molar-refractivity contribution in [3.8, 4) is 0 Å². The van der Waals surface area contributed by atoms with Crippen molar-refractivity contribution >= 4 is 19.5 Å². The van der Waals surface area contributed by atoms with Crippen LogP contribution in [-0.2, 0) is 77.6 Å². The maximum absolute atomic E-state index is 9.31. The normalized spacial score (nSPS) is 1.89. The van der Waals surface area contributed by atoms with Gasteiger partial charge in [0.05, 0.1) is 0 Å². The minimum absolute atomic E-state index is 0. The average Bonchev–Trinajstić information content (AvgIpc) is 1.94. The van der Waals surface area contributed by atoms with Crippen LogP contribution in [0.15, 0.2) is 0 Å². The van der Waals surface area contributed by atoms with E-state index >= 15 is 0 Å². The van der Waals surface area contributed by atoms with Gasteiger partial charge in [0.25, 0.3) is 0 Å². The second-order valence-electron chi connectivity index (χ2n) is 1.19. The van der Waals surface area contributed by atoms with Gasteiger partial charge in [-0.05, 0) is 14.1 Å². The van der Waals surface area contributed by atoms with Gasteiger partial charge in [-0.3, -0.25) is 13.1 Å². The summed E-state index contributed by atoms with van der Waals surface area (Å²) in [6.45, 7) is 4.57. The predicted octanol–water partition coefficient (Wildman–Crippen LogP) is 7.80. The zero-order chi connectivity index (χ0) is 8.99. The van der Waals surface area contributed by atoms with Gasteiger partial charge in [-0.15, -0.1) is 0 Å². The molecule has 0 aliphatic rings. The number of hydrogen-bond donors (Lipinski definition) is 0. The quantitative estimate of drug-likeness (QED) is 0.154. The molecule has 1 amide bonds. The van der Waals surface area contributed by atoms with Crippen molar-refractivity contribution in [1.82, 2.24) is 4.90 Å². The average molecular weight is 917 g/mol. The standard InChI is InChI=1S/C3H6NO.C2H3O.CHO.11CH4.3CH3.3W/c1-4(2)3-5;1-2-3;1-2;;;;;;;;;;;;;;;;;/h1-2H3;1H3;1H;11*1H4;3*1H3;;;/q3*-1;;;;;;;;;;;;3*-1;3*+2. The largest absolute Gasteiger partial charge is 2.00 e. The second kappa shape index (κ2) is 521. The molecule has 0 unspecified atom stereocenters. The van der Waals surface area contributed by atoms with Crippen molar-refractivity contribution in [2.24, 2.45) is 0 Å². The van der Waals surface area contributed by atoms with Crippen LogP contribution in [0, 0.1) is 22.3 Å². The third-order valence-corrected chi connectivity index (χ3v) is 0.183. The van der Waals surface area contributed by atoms with Gasteiger partial charge in [-0.2, -0.15) is 13.3 Å². The Bertz CT molecular complexity index is 92.9. The van der Waals surface area contributed by atoms with Crippen molar-refractivity contribution in [2.45, 2.75) is 88.6 Å². The van der Waals surface area contributed by atoms with Crippen molar-refractivity contribution in [3.05, 3.63) is 22.3 Å². The molecule has 0 saturated carbocycles. The molecule has 0 aromatic carbocycles. The summed E-state index contributed by atoms with van der Waals surface area (Å²) in [5, 5.41) is 0. The molecule has 0 rings (SSSR count). The maximum atomic E-state index is 9.31. The third-order valence-electron chi connectivity index (χ3n) is 0.183. The van der Waals surface area contributed by atoms with E-state index in [2.05, 4.69) is 6.79 Å². The molecule has 0 fully saturated rings. The summed E-state index contributed by atoms with van der Waals surface area (Å²) in [6, 6.07) is 0. The first-order valence-corrected chi connectivity index (χ1v) is 2.26. The van der Waals surface area contributed by atoms with Crippen LogP contribution in [0.2, 0.25) is 0 Å². The number of amides is 1. The van der Waals surface area contributed by atoms with E-state index < -0.39 is 0 Å². The van der Waals surface area contributed by atoms with Crippen LogP contribution < -0.4 is 0 Å². The summed E-state index contributed by atoms with van der Waals surface area (Å²) in [5.74, 6) is 0. The SMILES string of the molecule is C.C.C.C.C.C.C.C.C.C.C.CN(C)[C-]=O.C[C-]=O.[CH-]=O.[CH3-].[CH3-].[CH3-].[W+2].[W+2].[W+2]. The topological polar surface area (TPSA) is 54.5 Å². The van der Waals surface area contributed by atoms with E-state index in [1.807, 2.05) is 0 Å². The third kappa shape index (κ3) is 2010. The predicted molar refractivity (Wildman–Crippen MR) is 131 cm³/mol. The molecule has 4 nitrogen and oxygen atoms in total. The van der Waals surface area contributed by atoms with Gasteiger partial charge in [-0.1, -0.05) is 81.7 Å². The molecule has 0 N–H and O–H groups in total. The molecular weight excluding hydrogens is 854 g/mol. The Morgan fingerprint density at radius 1 is 0.556 bits per heavy atom. The van der Waals surface area contributed by atoms with E-state index in [4.69, 9.17) is 9.59 Å². The van der Waals surface area contributed by atoms with Gasteiger partial charge in [0.2, 0.25) is 0 Å². The van der Waals surface area contributed by atoms with E-state index in [9.17, 15) is 4.79 Å². The Labute approximate surface area is 225 Å². The van der Waals surface area contributed by atoms with E-state index in [0.717, 1.165) is 0 Å². The molecule has 0 aromatic rings. The first-order chi connectivity index (χ1) is 4.68. The van der Waals surface area contributed by atoms with E-state index in [1.165, 1.54) is 18.1 Å². The number of rotatable bonds is 1. The molecule has 0 bridgehead atoms. The van der Waals surface area contributed by atoms with Gasteiger partial charge in [0, 0.05) is 0 Å². The van der Waals surface area contributed by atoms with Crippen LogP contribution >= 0.6 is 0 Å². The molecule has 0 saturated heterocycles. The summed E-state index contributed by atoms with van der Waals surface area (Å²) in [4.78, 5) is 27.1. The molecule has 27 heavy (non-hydrogen) atoms. The molecule has 0 aliphatic carbocycles. The first kappa shape index (κ1) is 325. The zero-order valence-corrected chi connectivity index (χ0v) is 19.3. The summed E-state index contributed by atoms with van der Waals surface area (Å²) in [7, 11) is 3.26. The van der Waals surface area contributed by atoms with Crippen LogP contribution in [0.3, 0.4) is 0 Å². The Morgan fingerprint density at radius 2 is 0.593 bits per heavy atom. The fourth-order valence-corrected chi connectivity index (χ4v) is 0. The second-order valence-corrected chi connectivity index (χ2v) is 1.19. The molecule has 0 heterocycles. The number of hydrogen-bond acceptors (Lipinski definition) is 3. The van der Waals surface area contributed by atoms with Gasteiger partial charge in [-0.25, -0.2) is 0 Å². The van der Waals surface area contributed by atoms with E-state index in [1.54, 1.807) is 20.5 Å². The van der Waals surface area contributed by atoms with Gasteiger partial charge in [0.1, 0.15) is 0 Å². The monoisotopic (exact) mass is 917 g/mol. The molecule has 7 heteroatoms. The zero-order valence-electron chi connectivity index (χ0n) is 10.5. The summed E-state index contributed by atoms with van der Waals surface area (Å²) >= 11 is 0. The van der Waals surface area contributed by atoms with Crippen LogP contribution in [0.5, 0.6) is 0 Å². The van der Waals surface area contributed by atoms with E-state index in [0.29, 0.717) is 0 Å². The molecule has 184 valence electrons. The van der Waals surface area contributed by atoms with Gasteiger partial charge in [0.15, 0.2) is 0 Å². The smallest absolute Gasteiger partial charge is 0.545 e. The molecule has 0 atom stereocenters. The van der Waals surface area contributed by atoms with Crippen molar-refractivity contribution in [3.63, 3.8) is 0 Å². The van der Waals surface area contributed by atoms with Crippen LogP contribution in [-0.4, -0.2) is 38.5 Å². The summed E-state index contributed by atoms with van der Waals surface area (Å²) < 4.78 is 0. The fraction of sp³-hybridized carbons (Fsp3) is 0.700. The van der Waals surface area contributed by atoms with E-state index in [-0.39, 0.29) is 167 Å². The molecular formula is C20H63NO3W3. The maximum Gasteiger partial charge on any atom is 2.00 e. The first-order valence-electron chi connectivity index (χ1n) is 2.26. The summed E-state index contributed by atoms with van der Waals surface area (Å²) in [5.41, 5.74) is 0. The van der Waals surface area contributed by atoms with Crippen LogP contribution in [0.4, 0.5) is 0 Å². The molecule has 0 aromatic heterocycles. The van der Waals surface area contributed by atoms with Gasteiger partial charge < -0.3 is 41.6 Å². The minimum Gasteiger partial charge on any atom is -0.545 e. The van der Waals surface area contributed by atoms with Crippen LogP contribution in [0.1, 0.15) is 88.6 Å². The molecule has 0 aliphatic heterocycles. The van der Waals surface area contributed by atoms with Crippen LogP contribution in [0.25, 0.3) is 0 Å².